The molecule has 4 heteroatoms. The van der Waals surface area contributed by atoms with Crippen molar-refractivity contribution in [2.24, 2.45) is 0 Å². The molecule has 3 rings (SSSR count). The zero-order valence-electron chi connectivity index (χ0n) is 9.98. The highest BCUT2D eigenvalue weighted by Crippen LogP contribution is 2.23. The van der Waals surface area contributed by atoms with Crippen molar-refractivity contribution < 1.29 is 9.53 Å². The summed E-state index contributed by atoms with van der Waals surface area (Å²) in [5.74, 6) is 0.843. The van der Waals surface area contributed by atoms with Crippen molar-refractivity contribution in [3.05, 3.63) is 60.3 Å². The van der Waals surface area contributed by atoms with Gasteiger partial charge in [-0.25, -0.2) is 9.97 Å². The molecule has 0 atom stereocenters. The molecule has 0 radical (unpaired) electrons. The molecule has 2 aromatic carbocycles. The van der Waals surface area contributed by atoms with E-state index >= 15 is 0 Å². The Kier molecular flexibility index (Phi) is 2.90. The van der Waals surface area contributed by atoms with E-state index in [1.54, 1.807) is 30.5 Å². The predicted octanol–water partition coefficient (Wildman–Crippen LogP) is 3.23. The molecule has 0 saturated heterocycles. The molecule has 0 aliphatic heterocycles. The Hall–Kier alpha value is -2.75. The molecule has 0 bridgehead atoms. The first-order valence-corrected chi connectivity index (χ1v) is 5.81. The third-order valence-corrected chi connectivity index (χ3v) is 2.69. The van der Waals surface area contributed by atoms with Gasteiger partial charge in [-0.05, 0) is 24.3 Å². The minimum atomic E-state index is 0.369. The quantitative estimate of drug-likeness (QED) is 0.669. The summed E-state index contributed by atoms with van der Waals surface area (Å²) < 4.78 is 5.60. The molecule has 0 saturated carbocycles. The standard InChI is InChI=1S/C15H10N2O2/c18-10-11-5-1-4-8-14(11)19-15-9-16-12-6-2-3-7-13(12)17-15/h1-10H. The second-order valence-corrected chi connectivity index (χ2v) is 3.95. The minimum Gasteiger partial charge on any atom is -0.437 e. The molecule has 1 heterocycles. The third kappa shape index (κ3) is 2.28. The van der Waals surface area contributed by atoms with Crippen LogP contribution in [0.4, 0.5) is 0 Å². The van der Waals surface area contributed by atoms with Crippen molar-refractivity contribution in [3.63, 3.8) is 0 Å². The van der Waals surface area contributed by atoms with Crippen LogP contribution in [0.25, 0.3) is 11.0 Å². The normalized spacial score (nSPS) is 10.3. The number of aromatic nitrogens is 2. The van der Waals surface area contributed by atoms with E-state index < -0.39 is 0 Å². The summed E-state index contributed by atoms with van der Waals surface area (Å²) >= 11 is 0. The number of aldehydes is 1. The molecule has 0 spiro atoms. The van der Waals surface area contributed by atoms with Crippen LogP contribution in [0.2, 0.25) is 0 Å². The van der Waals surface area contributed by atoms with Gasteiger partial charge in [-0.15, -0.1) is 0 Å². The van der Waals surface area contributed by atoms with Crippen LogP contribution in [-0.4, -0.2) is 16.3 Å². The van der Waals surface area contributed by atoms with Crippen molar-refractivity contribution in [1.29, 1.82) is 0 Å². The Morgan fingerprint density at radius 1 is 0.947 bits per heavy atom. The average molecular weight is 250 g/mol. The van der Waals surface area contributed by atoms with Gasteiger partial charge in [0.05, 0.1) is 22.8 Å². The van der Waals surface area contributed by atoms with E-state index in [1.807, 2.05) is 24.3 Å². The molecular formula is C15H10N2O2. The Labute approximate surface area is 109 Å². The maximum absolute atomic E-state index is 10.9. The second kappa shape index (κ2) is 4.86. The van der Waals surface area contributed by atoms with Crippen LogP contribution in [0.5, 0.6) is 11.6 Å². The van der Waals surface area contributed by atoms with Crippen molar-refractivity contribution in [2.75, 3.05) is 0 Å². The molecule has 0 aliphatic carbocycles. The van der Waals surface area contributed by atoms with E-state index in [0.29, 0.717) is 17.2 Å². The first kappa shape index (κ1) is 11.3. The number of ether oxygens (including phenoxy) is 1. The second-order valence-electron chi connectivity index (χ2n) is 3.95. The van der Waals surface area contributed by atoms with Gasteiger partial charge >= 0.3 is 0 Å². The maximum Gasteiger partial charge on any atom is 0.238 e. The van der Waals surface area contributed by atoms with Gasteiger partial charge in [0.2, 0.25) is 5.88 Å². The molecule has 1 aromatic heterocycles. The first-order chi connectivity index (χ1) is 9.36. The van der Waals surface area contributed by atoms with Gasteiger partial charge in [0, 0.05) is 0 Å². The van der Waals surface area contributed by atoms with E-state index in [-0.39, 0.29) is 0 Å². The zero-order chi connectivity index (χ0) is 13.1. The fraction of sp³-hybridized carbons (Fsp3) is 0. The van der Waals surface area contributed by atoms with Gasteiger partial charge in [-0.3, -0.25) is 4.79 Å². The van der Waals surface area contributed by atoms with Gasteiger partial charge in [-0.1, -0.05) is 24.3 Å². The van der Waals surface area contributed by atoms with E-state index in [9.17, 15) is 4.79 Å². The molecule has 4 nitrogen and oxygen atoms in total. The van der Waals surface area contributed by atoms with Gasteiger partial charge in [0.15, 0.2) is 6.29 Å². The largest absolute Gasteiger partial charge is 0.437 e. The van der Waals surface area contributed by atoms with E-state index in [2.05, 4.69) is 9.97 Å². The number of carbonyl (C=O) groups excluding carboxylic acids is 1. The fourth-order valence-electron chi connectivity index (χ4n) is 1.77. The molecule has 0 aliphatic rings. The summed E-state index contributed by atoms with van der Waals surface area (Å²) in [4.78, 5) is 19.5. The molecule has 0 amide bonds. The summed E-state index contributed by atoms with van der Waals surface area (Å²) in [5.41, 5.74) is 2.04. The van der Waals surface area contributed by atoms with Crippen molar-refractivity contribution in [3.8, 4) is 11.6 Å². The Balaban J connectivity index is 1.99. The Morgan fingerprint density at radius 3 is 2.53 bits per heavy atom. The van der Waals surface area contributed by atoms with Crippen LogP contribution in [0.15, 0.2) is 54.7 Å². The molecule has 0 fully saturated rings. The molecule has 92 valence electrons. The van der Waals surface area contributed by atoms with Gasteiger partial charge < -0.3 is 4.74 Å². The van der Waals surface area contributed by atoms with E-state index in [1.165, 1.54) is 0 Å². The highest BCUT2D eigenvalue weighted by molar-refractivity contribution is 5.79. The maximum atomic E-state index is 10.9. The SMILES string of the molecule is O=Cc1ccccc1Oc1cnc2ccccc2n1. The summed E-state index contributed by atoms with van der Waals surface area (Å²) in [6.45, 7) is 0. The minimum absolute atomic E-state index is 0.369. The zero-order valence-corrected chi connectivity index (χ0v) is 9.98. The van der Waals surface area contributed by atoms with Crippen molar-refractivity contribution in [2.45, 2.75) is 0 Å². The van der Waals surface area contributed by atoms with Crippen molar-refractivity contribution in [1.82, 2.24) is 9.97 Å². The number of para-hydroxylation sites is 3. The lowest BCUT2D eigenvalue weighted by Gasteiger charge is -2.06. The lowest BCUT2D eigenvalue weighted by molar-refractivity contribution is 0.112. The highest BCUT2D eigenvalue weighted by atomic mass is 16.5. The van der Waals surface area contributed by atoms with Crippen LogP contribution < -0.4 is 4.74 Å². The lowest BCUT2D eigenvalue weighted by atomic mass is 10.2. The lowest BCUT2D eigenvalue weighted by Crippen LogP contribution is -1.93. The van der Waals surface area contributed by atoms with Crippen LogP contribution in [0.1, 0.15) is 10.4 Å². The van der Waals surface area contributed by atoms with E-state index in [4.69, 9.17) is 4.74 Å². The van der Waals surface area contributed by atoms with Crippen LogP contribution in [0.3, 0.4) is 0 Å². The number of hydrogen-bond acceptors (Lipinski definition) is 4. The Morgan fingerprint density at radius 2 is 1.68 bits per heavy atom. The number of carbonyl (C=O) groups is 1. The van der Waals surface area contributed by atoms with Crippen LogP contribution >= 0.6 is 0 Å². The molecule has 0 unspecified atom stereocenters. The molecule has 3 aromatic rings. The van der Waals surface area contributed by atoms with Gasteiger partial charge in [0.25, 0.3) is 0 Å². The number of benzene rings is 2. The number of fused-ring (bicyclic) bond motifs is 1. The topological polar surface area (TPSA) is 52.1 Å². The highest BCUT2D eigenvalue weighted by Gasteiger charge is 2.05. The fourth-order valence-corrected chi connectivity index (χ4v) is 1.77. The average Bonchev–Trinajstić information content (AvgIpc) is 2.48. The van der Waals surface area contributed by atoms with Gasteiger partial charge in [-0.2, -0.15) is 0 Å². The summed E-state index contributed by atoms with van der Waals surface area (Å²) in [6.07, 6.45) is 2.30. The van der Waals surface area contributed by atoms with Crippen LogP contribution in [0, 0.1) is 0 Å². The molecular weight excluding hydrogens is 240 g/mol. The van der Waals surface area contributed by atoms with Crippen molar-refractivity contribution >= 4 is 17.3 Å². The number of nitrogens with zero attached hydrogens (tertiary/aromatic N) is 2. The number of hydrogen-bond donors (Lipinski definition) is 0. The first-order valence-electron chi connectivity index (χ1n) is 5.81. The van der Waals surface area contributed by atoms with E-state index in [0.717, 1.165) is 17.3 Å². The molecule has 19 heavy (non-hydrogen) atoms. The van der Waals surface area contributed by atoms with Gasteiger partial charge in [0.1, 0.15) is 5.75 Å². The third-order valence-electron chi connectivity index (χ3n) is 2.69. The number of rotatable bonds is 3. The summed E-state index contributed by atoms with van der Waals surface area (Å²) in [5, 5.41) is 0. The predicted molar refractivity (Wildman–Crippen MR) is 71.4 cm³/mol. The summed E-state index contributed by atoms with van der Waals surface area (Å²) in [7, 11) is 0. The summed E-state index contributed by atoms with van der Waals surface area (Å²) in [6, 6.07) is 14.5. The monoisotopic (exact) mass is 250 g/mol. The molecule has 0 N–H and O–H groups in total. The smallest absolute Gasteiger partial charge is 0.238 e. The van der Waals surface area contributed by atoms with Crippen LogP contribution in [-0.2, 0) is 0 Å². The Bertz CT molecular complexity index is 741.